The van der Waals surface area contributed by atoms with Gasteiger partial charge < -0.3 is 4.74 Å². The van der Waals surface area contributed by atoms with E-state index in [0.717, 1.165) is 0 Å². The van der Waals surface area contributed by atoms with Crippen molar-refractivity contribution in [2.24, 2.45) is 5.92 Å². The van der Waals surface area contributed by atoms with E-state index in [1.54, 1.807) is 6.07 Å². The van der Waals surface area contributed by atoms with Crippen molar-refractivity contribution in [1.29, 1.82) is 0 Å². The highest BCUT2D eigenvalue weighted by molar-refractivity contribution is 6.30. The maximum Gasteiger partial charge on any atom is 0.145 e. The largest absolute Gasteiger partial charge is 0.493 e. The standard InChI is InChI=1S/C12H14ClFO/c13-11-6-5-10(7-12(11)14)15-8-9-3-1-2-4-9/h5-7,9H,1-4,8H2. The zero-order valence-corrected chi connectivity index (χ0v) is 9.27. The van der Waals surface area contributed by atoms with Gasteiger partial charge in [-0.3, -0.25) is 0 Å². The van der Waals surface area contributed by atoms with Crippen molar-refractivity contribution >= 4 is 11.6 Å². The minimum atomic E-state index is -0.416. The fourth-order valence-corrected chi connectivity index (χ4v) is 2.08. The third kappa shape index (κ3) is 2.85. The highest BCUT2D eigenvalue weighted by Gasteiger charge is 2.15. The van der Waals surface area contributed by atoms with Gasteiger partial charge in [-0.2, -0.15) is 0 Å². The Labute approximate surface area is 94.2 Å². The summed E-state index contributed by atoms with van der Waals surface area (Å²) >= 11 is 5.58. The van der Waals surface area contributed by atoms with E-state index in [4.69, 9.17) is 16.3 Å². The molecule has 0 bridgehead atoms. The Morgan fingerprint density at radius 1 is 1.33 bits per heavy atom. The van der Waals surface area contributed by atoms with Gasteiger partial charge in [0, 0.05) is 6.07 Å². The van der Waals surface area contributed by atoms with E-state index in [1.165, 1.54) is 37.8 Å². The molecule has 0 aromatic heterocycles. The third-order valence-electron chi connectivity index (χ3n) is 2.85. The van der Waals surface area contributed by atoms with Gasteiger partial charge in [0.05, 0.1) is 11.6 Å². The van der Waals surface area contributed by atoms with Crippen LogP contribution in [0, 0.1) is 11.7 Å². The summed E-state index contributed by atoms with van der Waals surface area (Å²) in [6.45, 7) is 0.696. The Morgan fingerprint density at radius 3 is 2.73 bits per heavy atom. The fourth-order valence-electron chi connectivity index (χ4n) is 1.96. The number of ether oxygens (including phenoxy) is 1. The molecule has 0 radical (unpaired) electrons. The van der Waals surface area contributed by atoms with Gasteiger partial charge in [0.1, 0.15) is 11.6 Å². The molecule has 1 aromatic carbocycles. The van der Waals surface area contributed by atoms with Crippen LogP contribution in [0.15, 0.2) is 18.2 Å². The van der Waals surface area contributed by atoms with E-state index >= 15 is 0 Å². The molecule has 0 unspecified atom stereocenters. The van der Waals surface area contributed by atoms with Gasteiger partial charge in [0.15, 0.2) is 0 Å². The molecule has 15 heavy (non-hydrogen) atoms. The van der Waals surface area contributed by atoms with Gasteiger partial charge >= 0.3 is 0 Å². The van der Waals surface area contributed by atoms with Crippen molar-refractivity contribution in [2.75, 3.05) is 6.61 Å². The second-order valence-electron chi connectivity index (χ2n) is 4.04. The SMILES string of the molecule is Fc1cc(OCC2CCCC2)ccc1Cl. The van der Waals surface area contributed by atoms with Gasteiger partial charge in [-0.15, -0.1) is 0 Å². The molecule has 1 aliphatic carbocycles. The Bertz CT molecular complexity index is 334. The number of hydrogen-bond acceptors (Lipinski definition) is 1. The van der Waals surface area contributed by atoms with Gasteiger partial charge in [0.2, 0.25) is 0 Å². The molecule has 0 aliphatic heterocycles. The zero-order valence-electron chi connectivity index (χ0n) is 8.51. The smallest absolute Gasteiger partial charge is 0.145 e. The van der Waals surface area contributed by atoms with Gasteiger partial charge in [0.25, 0.3) is 0 Å². The first-order valence-corrected chi connectivity index (χ1v) is 5.71. The summed E-state index contributed by atoms with van der Waals surface area (Å²) in [4.78, 5) is 0. The van der Waals surface area contributed by atoms with Crippen LogP contribution in [0.3, 0.4) is 0 Å². The Balaban J connectivity index is 1.90. The lowest BCUT2D eigenvalue weighted by Crippen LogP contribution is -2.08. The third-order valence-corrected chi connectivity index (χ3v) is 3.16. The molecule has 1 nitrogen and oxygen atoms in total. The highest BCUT2D eigenvalue weighted by Crippen LogP contribution is 2.26. The molecule has 0 amide bonds. The molecular formula is C12H14ClFO. The second-order valence-corrected chi connectivity index (χ2v) is 4.44. The molecule has 0 heterocycles. The number of halogens is 2. The minimum absolute atomic E-state index is 0.142. The van der Waals surface area contributed by atoms with Gasteiger partial charge in [-0.05, 0) is 30.9 Å². The molecule has 1 aliphatic rings. The zero-order chi connectivity index (χ0) is 10.7. The molecule has 0 spiro atoms. The van der Waals surface area contributed by atoms with Crippen molar-refractivity contribution in [2.45, 2.75) is 25.7 Å². The minimum Gasteiger partial charge on any atom is -0.493 e. The molecular weight excluding hydrogens is 215 g/mol. The van der Waals surface area contributed by atoms with Crippen molar-refractivity contribution in [3.8, 4) is 5.75 Å². The van der Waals surface area contributed by atoms with Crippen molar-refractivity contribution in [3.05, 3.63) is 29.0 Å². The summed E-state index contributed by atoms with van der Waals surface area (Å²) in [5.41, 5.74) is 0. The lowest BCUT2D eigenvalue weighted by atomic mass is 10.1. The normalized spacial score (nSPS) is 16.9. The number of hydrogen-bond donors (Lipinski definition) is 0. The van der Waals surface area contributed by atoms with Crippen molar-refractivity contribution in [3.63, 3.8) is 0 Å². The first-order valence-electron chi connectivity index (χ1n) is 5.33. The molecule has 0 saturated heterocycles. The summed E-state index contributed by atoms with van der Waals surface area (Å²) in [5, 5.41) is 0.142. The molecule has 1 saturated carbocycles. The monoisotopic (exact) mass is 228 g/mol. The van der Waals surface area contributed by atoms with Crippen LogP contribution < -0.4 is 4.74 Å². The van der Waals surface area contributed by atoms with Crippen LogP contribution in [-0.2, 0) is 0 Å². The molecule has 2 rings (SSSR count). The summed E-state index contributed by atoms with van der Waals surface area (Å²) in [5.74, 6) is 0.799. The average molecular weight is 229 g/mol. The number of benzene rings is 1. The van der Waals surface area contributed by atoms with E-state index < -0.39 is 5.82 Å². The Morgan fingerprint density at radius 2 is 2.07 bits per heavy atom. The maximum atomic E-state index is 13.1. The Hall–Kier alpha value is -0.760. The van der Waals surface area contributed by atoms with Crippen molar-refractivity contribution < 1.29 is 9.13 Å². The molecule has 3 heteroatoms. The van der Waals surface area contributed by atoms with Crippen LogP contribution in [0.1, 0.15) is 25.7 Å². The van der Waals surface area contributed by atoms with E-state index in [9.17, 15) is 4.39 Å². The topological polar surface area (TPSA) is 9.23 Å². The van der Waals surface area contributed by atoms with Crippen LogP contribution in [0.2, 0.25) is 5.02 Å². The van der Waals surface area contributed by atoms with Gasteiger partial charge in [-0.1, -0.05) is 24.4 Å². The first kappa shape index (κ1) is 10.7. The molecule has 1 aromatic rings. The van der Waals surface area contributed by atoms with Crippen LogP contribution in [-0.4, -0.2) is 6.61 Å². The van der Waals surface area contributed by atoms with Crippen LogP contribution in [0.25, 0.3) is 0 Å². The average Bonchev–Trinajstić information content (AvgIpc) is 2.73. The lowest BCUT2D eigenvalue weighted by molar-refractivity contribution is 0.251. The fraction of sp³-hybridized carbons (Fsp3) is 0.500. The van der Waals surface area contributed by atoms with E-state index in [-0.39, 0.29) is 5.02 Å². The second kappa shape index (κ2) is 4.84. The molecule has 0 atom stereocenters. The predicted molar refractivity (Wildman–Crippen MR) is 58.9 cm³/mol. The van der Waals surface area contributed by atoms with Crippen LogP contribution in [0.4, 0.5) is 4.39 Å². The summed E-state index contributed by atoms with van der Waals surface area (Å²) in [6.07, 6.45) is 5.05. The lowest BCUT2D eigenvalue weighted by Gasteiger charge is -2.11. The summed E-state index contributed by atoms with van der Waals surface area (Å²) in [7, 11) is 0. The predicted octanol–water partition coefficient (Wildman–Crippen LogP) is 4.05. The molecule has 1 fully saturated rings. The molecule has 82 valence electrons. The quantitative estimate of drug-likeness (QED) is 0.759. The Kier molecular flexibility index (Phi) is 3.47. The van der Waals surface area contributed by atoms with Crippen LogP contribution in [0.5, 0.6) is 5.75 Å². The van der Waals surface area contributed by atoms with Crippen LogP contribution >= 0.6 is 11.6 Å². The van der Waals surface area contributed by atoms with Crippen molar-refractivity contribution in [1.82, 2.24) is 0 Å². The summed E-state index contributed by atoms with van der Waals surface area (Å²) in [6, 6.07) is 4.58. The van der Waals surface area contributed by atoms with Gasteiger partial charge in [-0.25, -0.2) is 4.39 Å². The van der Waals surface area contributed by atoms with E-state index in [1.807, 2.05) is 0 Å². The highest BCUT2D eigenvalue weighted by atomic mass is 35.5. The first-order chi connectivity index (χ1) is 7.25. The number of rotatable bonds is 3. The van der Waals surface area contributed by atoms with E-state index in [2.05, 4.69) is 0 Å². The molecule has 0 N–H and O–H groups in total. The van der Waals surface area contributed by atoms with E-state index in [0.29, 0.717) is 18.3 Å². The summed E-state index contributed by atoms with van der Waals surface area (Å²) < 4.78 is 18.6. The maximum absolute atomic E-state index is 13.1.